The Hall–Kier alpha value is -4.30. The van der Waals surface area contributed by atoms with Crippen molar-refractivity contribution >= 4 is 42.8 Å². The van der Waals surface area contributed by atoms with E-state index in [1.807, 2.05) is 0 Å². The average Bonchev–Trinajstić information content (AvgIpc) is 2.87. The van der Waals surface area contributed by atoms with Crippen molar-refractivity contribution in [2.24, 2.45) is 0 Å². The van der Waals surface area contributed by atoms with Gasteiger partial charge in [0.25, 0.3) is 31.4 Å². The predicted molar refractivity (Wildman–Crippen MR) is 131 cm³/mol. The Labute approximate surface area is 206 Å². The average molecular weight is 531 g/mol. The molecule has 1 aliphatic heterocycles. The van der Waals surface area contributed by atoms with E-state index >= 15 is 0 Å². The molecule has 14 heteroatoms. The van der Waals surface area contributed by atoms with Crippen molar-refractivity contribution in [2.75, 3.05) is 15.2 Å². The molecule has 0 amide bonds. The number of non-ortho nitro benzene ring substituents is 2. The standard InChI is InChI=1S/C22H18N4O8S2/c1-2-16-15-23(35(31,32)19-11-7-17(8-12-19)25(27)28)21-5-3-4-6-22(21)24(16)36(33,34)20-13-9-18(10-14-20)26(29)30/h2-14,16H,1,15H2/t16-/m1/s1. The molecule has 0 spiro atoms. The molecule has 0 aromatic heterocycles. The molecule has 4 rings (SSSR count). The van der Waals surface area contributed by atoms with Crippen molar-refractivity contribution in [3.8, 4) is 0 Å². The third kappa shape index (κ3) is 4.16. The number of benzene rings is 3. The highest BCUT2D eigenvalue weighted by Crippen LogP contribution is 2.41. The molecule has 1 aliphatic rings. The Morgan fingerprint density at radius 1 is 0.750 bits per heavy atom. The summed E-state index contributed by atoms with van der Waals surface area (Å²) < 4.78 is 56.3. The lowest BCUT2D eigenvalue weighted by atomic mass is 10.1. The maximum absolute atomic E-state index is 13.6. The minimum Gasteiger partial charge on any atom is -0.262 e. The van der Waals surface area contributed by atoms with Gasteiger partial charge in [0.15, 0.2) is 0 Å². The Kier molecular flexibility index (Phi) is 6.24. The number of hydrogen-bond donors (Lipinski definition) is 0. The van der Waals surface area contributed by atoms with E-state index in [9.17, 15) is 37.1 Å². The maximum Gasteiger partial charge on any atom is 0.269 e. The van der Waals surface area contributed by atoms with Crippen LogP contribution in [0.1, 0.15) is 0 Å². The van der Waals surface area contributed by atoms with Crippen molar-refractivity contribution in [3.63, 3.8) is 0 Å². The third-order valence-corrected chi connectivity index (χ3v) is 9.20. The minimum atomic E-state index is -4.28. The van der Waals surface area contributed by atoms with Crippen LogP contribution in [0.15, 0.2) is 95.2 Å². The van der Waals surface area contributed by atoms with Gasteiger partial charge in [0, 0.05) is 24.3 Å². The van der Waals surface area contributed by atoms with E-state index in [0.29, 0.717) is 0 Å². The molecule has 1 heterocycles. The van der Waals surface area contributed by atoms with Gasteiger partial charge in [-0.05, 0) is 36.4 Å². The lowest BCUT2D eigenvalue weighted by molar-refractivity contribution is -0.385. The molecule has 0 radical (unpaired) electrons. The monoisotopic (exact) mass is 530 g/mol. The van der Waals surface area contributed by atoms with Gasteiger partial charge in [-0.2, -0.15) is 0 Å². The summed E-state index contributed by atoms with van der Waals surface area (Å²) in [6, 6.07) is 13.6. The van der Waals surface area contributed by atoms with Crippen LogP contribution in [0.3, 0.4) is 0 Å². The first-order valence-corrected chi connectivity index (χ1v) is 13.1. The Balaban J connectivity index is 1.82. The van der Waals surface area contributed by atoms with Crippen molar-refractivity contribution in [3.05, 3.63) is 106 Å². The molecule has 0 unspecified atom stereocenters. The fourth-order valence-corrected chi connectivity index (χ4v) is 6.94. The number of sulfonamides is 2. The largest absolute Gasteiger partial charge is 0.269 e. The summed E-state index contributed by atoms with van der Waals surface area (Å²) in [6.45, 7) is 3.35. The predicted octanol–water partition coefficient (Wildman–Crippen LogP) is 3.46. The van der Waals surface area contributed by atoms with Crippen LogP contribution < -0.4 is 8.61 Å². The first-order chi connectivity index (χ1) is 17.0. The second-order valence-corrected chi connectivity index (χ2v) is 11.3. The van der Waals surface area contributed by atoms with Crippen LogP contribution in [0.2, 0.25) is 0 Å². The summed E-state index contributed by atoms with van der Waals surface area (Å²) in [6.07, 6.45) is 1.29. The Morgan fingerprint density at radius 2 is 1.19 bits per heavy atom. The zero-order chi connectivity index (χ0) is 26.3. The highest BCUT2D eigenvalue weighted by atomic mass is 32.2. The summed E-state index contributed by atoms with van der Waals surface area (Å²) in [5.41, 5.74) is -0.442. The lowest BCUT2D eigenvalue weighted by Gasteiger charge is -2.41. The van der Waals surface area contributed by atoms with Crippen LogP contribution in [0, 0.1) is 20.2 Å². The molecule has 36 heavy (non-hydrogen) atoms. The van der Waals surface area contributed by atoms with Crippen LogP contribution in [0.25, 0.3) is 0 Å². The number of anilines is 2. The summed E-state index contributed by atoms with van der Waals surface area (Å²) in [4.78, 5) is 20.2. The third-order valence-electron chi connectivity index (χ3n) is 5.55. The highest BCUT2D eigenvalue weighted by Gasteiger charge is 2.41. The number of para-hydroxylation sites is 2. The SMILES string of the molecule is C=C[C@@H]1CN(S(=O)(=O)c2ccc([N+](=O)[O-])cc2)c2ccccc2N1S(=O)(=O)c1ccc([N+](=O)[O-])cc1. The second-order valence-electron chi connectivity index (χ2n) is 7.63. The van der Waals surface area contributed by atoms with Crippen LogP contribution >= 0.6 is 0 Å². The van der Waals surface area contributed by atoms with E-state index < -0.39 is 35.9 Å². The van der Waals surface area contributed by atoms with E-state index in [0.717, 1.165) is 57.1 Å². The van der Waals surface area contributed by atoms with Gasteiger partial charge in [0.2, 0.25) is 0 Å². The number of rotatable bonds is 7. The highest BCUT2D eigenvalue weighted by molar-refractivity contribution is 7.93. The molecule has 12 nitrogen and oxygen atoms in total. The van der Waals surface area contributed by atoms with Gasteiger partial charge in [-0.1, -0.05) is 18.2 Å². The van der Waals surface area contributed by atoms with E-state index in [-0.39, 0.29) is 39.1 Å². The molecular formula is C22H18N4O8S2. The molecule has 3 aromatic carbocycles. The number of nitro groups is 2. The van der Waals surface area contributed by atoms with Crippen LogP contribution in [-0.2, 0) is 20.0 Å². The van der Waals surface area contributed by atoms with E-state index in [1.165, 1.54) is 18.2 Å². The van der Waals surface area contributed by atoms with Crippen LogP contribution in [0.4, 0.5) is 22.7 Å². The fourth-order valence-electron chi connectivity index (χ4n) is 3.81. The maximum atomic E-state index is 13.6. The number of nitrogens with zero attached hydrogens (tertiary/aromatic N) is 4. The summed E-state index contributed by atoms with van der Waals surface area (Å²) >= 11 is 0. The molecule has 0 saturated carbocycles. The van der Waals surface area contributed by atoms with Gasteiger partial charge in [0.05, 0.1) is 43.6 Å². The zero-order valence-electron chi connectivity index (χ0n) is 18.4. The quantitative estimate of drug-likeness (QED) is 0.255. The second kappa shape index (κ2) is 9.05. The lowest BCUT2D eigenvalue weighted by Crippen LogP contribution is -2.52. The Morgan fingerprint density at radius 3 is 1.64 bits per heavy atom. The molecule has 0 fully saturated rings. The van der Waals surface area contributed by atoms with Crippen molar-refractivity contribution in [1.82, 2.24) is 0 Å². The number of fused-ring (bicyclic) bond motifs is 1. The molecule has 0 aliphatic carbocycles. The molecule has 0 N–H and O–H groups in total. The van der Waals surface area contributed by atoms with Gasteiger partial charge in [-0.3, -0.25) is 28.8 Å². The molecule has 0 saturated heterocycles. The number of hydrogen-bond acceptors (Lipinski definition) is 8. The summed E-state index contributed by atoms with van der Waals surface area (Å²) in [5.74, 6) is 0. The first-order valence-electron chi connectivity index (χ1n) is 10.3. The van der Waals surface area contributed by atoms with Gasteiger partial charge in [-0.15, -0.1) is 6.58 Å². The van der Waals surface area contributed by atoms with Gasteiger partial charge in [-0.25, -0.2) is 16.8 Å². The van der Waals surface area contributed by atoms with Crippen LogP contribution in [-0.4, -0.2) is 39.3 Å². The normalized spacial score (nSPS) is 15.7. The van der Waals surface area contributed by atoms with E-state index in [1.54, 1.807) is 12.1 Å². The molecule has 3 aromatic rings. The molecular weight excluding hydrogens is 512 g/mol. The van der Waals surface area contributed by atoms with E-state index in [4.69, 9.17) is 0 Å². The summed E-state index contributed by atoms with van der Waals surface area (Å²) in [5, 5.41) is 21.9. The first kappa shape index (κ1) is 24.8. The molecule has 1 atom stereocenters. The molecule has 186 valence electrons. The number of nitro benzene ring substituents is 2. The van der Waals surface area contributed by atoms with Gasteiger partial charge >= 0.3 is 0 Å². The molecule has 0 bridgehead atoms. The Bertz CT molecular complexity index is 1570. The van der Waals surface area contributed by atoms with Crippen molar-refractivity contribution in [1.29, 1.82) is 0 Å². The fraction of sp³-hybridized carbons (Fsp3) is 0.0909. The minimum absolute atomic E-state index is 0.0532. The van der Waals surface area contributed by atoms with Gasteiger partial charge in [0.1, 0.15) is 0 Å². The zero-order valence-corrected chi connectivity index (χ0v) is 20.0. The topological polar surface area (TPSA) is 161 Å². The van der Waals surface area contributed by atoms with Crippen molar-refractivity contribution in [2.45, 2.75) is 15.8 Å². The van der Waals surface area contributed by atoms with E-state index in [2.05, 4.69) is 6.58 Å². The summed E-state index contributed by atoms with van der Waals surface area (Å²) in [7, 11) is -8.53. The van der Waals surface area contributed by atoms with Gasteiger partial charge < -0.3 is 0 Å². The van der Waals surface area contributed by atoms with Crippen LogP contribution in [0.5, 0.6) is 0 Å². The smallest absolute Gasteiger partial charge is 0.262 e. The van der Waals surface area contributed by atoms with Crippen molar-refractivity contribution < 1.29 is 26.7 Å².